The molecule has 9 heavy (non-hydrogen) atoms. The van der Waals surface area contributed by atoms with Gasteiger partial charge in [0.25, 0.3) is 0 Å². The number of hydrogen-bond donors (Lipinski definition) is 1. The SMILES string of the molecule is CCCc1np[nH]c1C. The van der Waals surface area contributed by atoms with E-state index in [0.717, 1.165) is 14.9 Å². The number of nitrogens with zero attached hydrogens (tertiary/aromatic N) is 1. The number of nitrogens with one attached hydrogen (secondary N) is 1. The van der Waals surface area contributed by atoms with Gasteiger partial charge in [-0.25, -0.2) is 4.75 Å². The molecule has 0 aliphatic rings. The summed E-state index contributed by atoms with van der Waals surface area (Å²) in [7, 11) is 1.01. The first kappa shape index (κ1) is 6.76. The Balaban J connectivity index is 2.69. The van der Waals surface area contributed by atoms with Crippen molar-refractivity contribution < 1.29 is 0 Å². The molecule has 0 saturated carbocycles. The molecule has 1 aromatic rings. The maximum absolute atomic E-state index is 4.25. The van der Waals surface area contributed by atoms with Gasteiger partial charge in [-0.2, -0.15) is 0 Å². The van der Waals surface area contributed by atoms with Gasteiger partial charge in [-0.15, -0.1) is 0 Å². The van der Waals surface area contributed by atoms with Gasteiger partial charge in [0, 0.05) is 5.69 Å². The number of rotatable bonds is 2. The van der Waals surface area contributed by atoms with Gasteiger partial charge in [0.1, 0.15) is 8.51 Å². The van der Waals surface area contributed by atoms with Crippen LogP contribution in [-0.2, 0) is 6.42 Å². The van der Waals surface area contributed by atoms with Crippen molar-refractivity contribution >= 4 is 8.51 Å². The predicted octanol–water partition coefficient (Wildman–Crippen LogP) is 2.25. The maximum atomic E-state index is 4.25. The third-order valence-electron chi connectivity index (χ3n) is 1.31. The van der Waals surface area contributed by atoms with Crippen LogP contribution in [0.25, 0.3) is 0 Å². The van der Waals surface area contributed by atoms with E-state index in [-0.39, 0.29) is 0 Å². The lowest BCUT2D eigenvalue weighted by Crippen LogP contribution is -1.85. The van der Waals surface area contributed by atoms with E-state index in [1.165, 1.54) is 17.8 Å². The van der Waals surface area contributed by atoms with Crippen molar-refractivity contribution in [2.75, 3.05) is 0 Å². The first-order chi connectivity index (χ1) is 4.34. The zero-order chi connectivity index (χ0) is 6.69. The van der Waals surface area contributed by atoms with Gasteiger partial charge in [-0.3, -0.25) is 0 Å². The number of H-pyrrole nitrogens is 1. The number of aryl methyl sites for hydroxylation is 2. The average molecular weight is 142 g/mol. The highest BCUT2D eigenvalue weighted by Crippen LogP contribution is 2.08. The second kappa shape index (κ2) is 2.98. The summed E-state index contributed by atoms with van der Waals surface area (Å²) < 4.78 is 7.39. The minimum atomic E-state index is 1.01. The van der Waals surface area contributed by atoms with Crippen LogP contribution < -0.4 is 0 Å². The second-order valence-electron chi connectivity index (χ2n) is 2.13. The lowest BCUT2D eigenvalue weighted by atomic mass is 10.2. The molecule has 0 aromatic carbocycles. The van der Waals surface area contributed by atoms with Gasteiger partial charge in [0.15, 0.2) is 0 Å². The van der Waals surface area contributed by atoms with Gasteiger partial charge in [-0.1, -0.05) is 13.3 Å². The molecule has 1 aromatic heterocycles. The summed E-state index contributed by atoms with van der Waals surface area (Å²) in [4.78, 5) is 0. The van der Waals surface area contributed by atoms with E-state index < -0.39 is 0 Å². The van der Waals surface area contributed by atoms with E-state index in [1.54, 1.807) is 0 Å². The van der Waals surface area contributed by atoms with Crippen molar-refractivity contribution in [3.8, 4) is 0 Å². The first-order valence-corrected chi connectivity index (χ1v) is 4.06. The van der Waals surface area contributed by atoms with Crippen LogP contribution in [0.2, 0.25) is 0 Å². The van der Waals surface area contributed by atoms with Gasteiger partial charge in [0.2, 0.25) is 0 Å². The molecule has 1 N–H and O–H groups in total. The lowest BCUT2D eigenvalue weighted by molar-refractivity contribution is 0.886. The fourth-order valence-electron chi connectivity index (χ4n) is 0.774. The molecule has 0 fully saturated rings. The van der Waals surface area contributed by atoms with Crippen LogP contribution in [0.5, 0.6) is 0 Å². The highest BCUT2D eigenvalue weighted by molar-refractivity contribution is 7.20. The average Bonchev–Trinajstić information content (AvgIpc) is 2.18. The van der Waals surface area contributed by atoms with E-state index in [0.29, 0.717) is 0 Å². The van der Waals surface area contributed by atoms with Crippen molar-refractivity contribution in [2.45, 2.75) is 26.7 Å². The largest absolute Gasteiger partial charge is 0.325 e. The third-order valence-corrected chi connectivity index (χ3v) is 2.08. The highest BCUT2D eigenvalue weighted by Gasteiger charge is 1.97. The Labute approximate surface area is 56.9 Å². The lowest BCUT2D eigenvalue weighted by Gasteiger charge is -1.90. The quantitative estimate of drug-likeness (QED) is 0.674. The van der Waals surface area contributed by atoms with Gasteiger partial charge in [-0.05, 0) is 13.3 Å². The summed E-state index contributed by atoms with van der Waals surface area (Å²) in [5.74, 6) is 0. The molecule has 0 aliphatic heterocycles. The highest BCUT2D eigenvalue weighted by atomic mass is 31.1. The predicted molar refractivity (Wildman–Crippen MR) is 39.8 cm³/mol. The monoisotopic (exact) mass is 142 g/mol. The molecule has 50 valence electrons. The van der Waals surface area contributed by atoms with E-state index in [9.17, 15) is 0 Å². The molecule has 0 unspecified atom stereocenters. The van der Waals surface area contributed by atoms with Crippen LogP contribution in [-0.4, -0.2) is 9.49 Å². The van der Waals surface area contributed by atoms with Crippen LogP contribution in [0.4, 0.5) is 0 Å². The Morgan fingerprint density at radius 2 is 2.44 bits per heavy atom. The molecule has 0 amide bonds. The normalized spacial score (nSPS) is 10.9. The van der Waals surface area contributed by atoms with Crippen LogP contribution in [0.3, 0.4) is 0 Å². The molecule has 0 bridgehead atoms. The molecule has 3 heteroatoms. The van der Waals surface area contributed by atoms with Crippen LogP contribution in [0, 0.1) is 6.92 Å². The zero-order valence-electron chi connectivity index (χ0n) is 5.81. The zero-order valence-corrected chi connectivity index (χ0v) is 6.70. The second-order valence-corrected chi connectivity index (χ2v) is 2.76. The minimum Gasteiger partial charge on any atom is -0.325 e. The molecule has 1 rings (SSSR count). The van der Waals surface area contributed by atoms with Crippen molar-refractivity contribution in [3.63, 3.8) is 0 Å². The molecular weight excluding hydrogens is 131 g/mol. The Morgan fingerprint density at radius 3 is 2.89 bits per heavy atom. The first-order valence-electron chi connectivity index (χ1n) is 3.21. The topological polar surface area (TPSA) is 28.7 Å². The van der Waals surface area contributed by atoms with E-state index in [1.807, 2.05) is 0 Å². The fourth-order valence-corrected chi connectivity index (χ4v) is 1.47. The van der Waals surface area contributed by atoms with Crippen LogP contribution in [0.1, 0.15) is 24.7 Å². The Bertz CT molecular complexity index is 183. The van der Waals surface area contributed by atoms with Crippen LogP contribution >= 0.6 is 8.51 Å². The summed E-state index contributed by atoms with van der Waals surface area (Å²) in [6.07, 6.45) is 2.30. The van der Waals surface area contributed by atoms with Crippen molar-refractivity contribution in [1.82, 2.24) is 9.49 Å². The smallest absolute Gasteiger partial charge is 0.129 e. The van der Waals surface area contributed by atoms with Crippen molar-refractivity contribution in [1.29, 1.82) is 0 Å². The van der Waals surface area contributed by atoms with E-state index in [2.05, 4.69) is 23.3 Å². The molecule has 0 spiro atoms. The van der Waals surface area contributed by atoms with Crippen LogP contribution in [0.15, 0.2) is 0 Å². The molecule has 0 radical (unpaired) electrons. The molecule has 0 atom stereocenters. The fraction of sp³-hybridized carbons (Fsp3) is 0.667. The molecule has 2 nitrogen and oxygen atoms in total. The maximum Gasteiger partial charge on any atom is 0.129 e. The van der Waals surface area contributed by atoms with E-state index >= 15 is 0 Å². The molecule has 0 saturated heterocycles. The van der Waals surface area contributed by atoms with Gasteiger partial charge in [0.05, 0.1) is 5.69 Å². The van der Waals surface area contributed by atoms with E-state index in [4.69, 9.17) is 0 Å². The minimum absolute atomic E-state index is 1.01. The number of aromatic nitrogens is 2. The summed E-state index contributed by atoms with van der Waals surface area (Å²) in [5.41, 5.74) is 2.50. The Kier molecular flexibility index (Phi) is 2.23. The molecule has 1 heterocycles. The van der Waals surface area contributed by atoms with Crippen molar-refractivity contribution in [3.05, 3.63) is 11.4 Å². The standard InChI is InChI=1S/C6H11N2P/c1-3-4-6-5(2)7-9-8-6/h3-4H2,1-2H3,(H,7,8). The third kappa shape index (κ3) is 1.52. The molecule has 0 aliphatic carbocycles. The number of hydrogen-bond acceptors (Lipinski definition) is 1. The molecular formula is C6H11N2P. The van der Waals surface area contributed by atoms with Gasteiger partial charge >= 0.3 is 0 Å². The summed E-state index contributed by atoms with van der Waals surface area (Å²) >= 11 is 0. The number of aromatic amines is 1. The summed E-state index contributed by atoms with van der Waals surface area (Å²) in [5, 5.41) is 0. The van der Waals surface area contributed by atoms with Gasteiger partial charge < -0.3 is 4.75 Å². The summed E-state index contributed by atoms with van der Waals surface area (Å²) in [6, 6.07) is 0. The Morgan fingerprint density at radius 1 is 1.67 bits per heavy atom. The summed E-state index contributed by atoms with van der Waals surface area (Å²) in [6.45, 7) is 4.25. The Hall–Kier alpha value is -0.360. The van der Waals surface area contributed by atoms with Crippen molar-refractivity contribution in [2.24, 2.45) is 0 Å².